The van der Waals surface area contributed by atoms with Gasteiger partial charge in [-0.05, 0) is 50.7 Å². The number of oxime groups is 1. The molecular weight excluding hydrogens is 336 g/mol. The van der Waals surface area contributed by atoms with Crippen LogP contribution < -0.4 is 0 Å². The summed E-state index contributed by atoms with van der Waals surface area (Å²) in [5, 5.41) is 13.3. The molecule has 1 heterocycles. The van der Waals surface area contributed by atoms with Crippen LogP contribution >= 0.6 is 23.1 Å². The van der Waals surface area contributed by atoms with Crippen LogP contribution in [0.2, 0.25) is 0 Å². The fraction of sp³-hybridized carbons (Fsp3) is 0.368. The van der Waals surface area contributed by atoms with E-state index in [2.05, 4.69) is 35.5 Å². The van der Waals surface area contributed by atoms with Gasteiger partial charge in [-0.15, -0.1) is 11.3 Å². The van der Waals surface area contributed by atoms with Crippen LogP contribution in [-0.4, -0.2) is 21.2 Å². The normalized spacial score (nSPS) is 24.3. The minimum atomic E-state index is 0.174. The maximum absolute atomic E-state index is 9.50. The van der Waals surface area contributed by atoms with Crippen molar-refractivity contribution in [3.63, 3.8) is 0 Å². The number of para-hydroxylation sites is 1. The summed E-state index contributed by atoms with van der Waals surface area (Å²) < 4.78 is 2.26. The molecule has 2 aromatic rings. The van der Waals surface area contributed by atoms with E-state index in [0.29, 0.717) is 0 Å². The molecule has 0 amide bonds. The Hall–Kier alpha value is -1.59. The summed E-state index contributed by atoms with van der Waals surface area (Å²) in [5.74, 6) is 0. The smallest absolute Gasteiger partial charge is 0.151 e. The summed E-state index contributed by atoms with van der Waals surface area (Å²) >= 11 is 3.45. The number of thiazole rings is 1. The molecule has 3 nitrogen and oxygen atoms in total. The van der Waals surface area contributed by atoms with E-state index < -0.39 is 0 Å². The lowest BCUT2D eigenvalue weighted by molar-refractivity contribution is 0.316. The lowest BCUT2D eigenvalue weighted by atomic mass is 10.1. The first kappa shape index (κ1) is 17.2. The minimum absolute atomic E-state index is 0.174. The molecule has 126 valence electrons. The van der Waals surface area contributed by atoms with Gasteiger partial charge in [0.1, 0.15) is 0 Å². The quantitative estimate of drug-likeness (QED) is 0.403. The van der Waals surface area contributed by atoms with Crippen molar-refractivity contribution in [3.8, 4) is 0 Å². The third-order valence-electron chi connectivity index (χ3n) is 4.01. The van der Waals surface area contributed by atoms with E-state index in [4.69, 9.17) is 4.98 Å². The zero-order valence-corrected chi connectivity index (χ0v) is 15.2. The number of fused-ring (bicyclic) bond motifs is 1. The Bertz CT molecular complexity index is 716. The van der Waals surface area contributed by atoms with Gasteiger partial charge in [0.05, 0.1) is 21.2 Å². The maximum Gasteiger partial charge on any atom is 0.151 e. The van der Waals surface area contributed by atoms with Gasteiger partial charge in [-0.25, -0.2) is 4.98 Å². The second-order valence-corrected chi connectivity index (χ2v) is 8.26. The van der Waals surface area contributed by atoms with Gasteiger partial charge in [-0.3, -0.25) is 0 Å². The van der Waals surface area contributed by atoms with E-state index in [1.807, 2.05) is 18.2 Å². The van der Waals surface area contributed by atoms with Crippen molar-refractivity contribution in [1.82, 2.24) is 4.98 Å². The molecular formula is C19H22N2OS2. The zero-order chi connectivity index (χ0) is 16.6. The lowest BCUT2D eigenvalue weighted by Gasteiger charge is -2.15. The van der Waals surface area contributed by atoms with Crippen molar-refractivity contribution in [2.45, 2.75) is 48.1 Å². The van der Waals surface area contributed by atoms with Gasteiger partial charge in [0.15, 0.2) is 4.34 Å². The molecule has 0 bridgehead atoms. The molecule has 3 rings (SSSR count). The number of hydrogen-bond donors (Lipinski definition) is 1. The van der Waals surface area contributed by atoms with Crippen molar-refractivity contribution in [2.24, 2.45) is 5.16 Å². The summed E-state index contributed by atoms with van der Waals surface area (Å²) in [6, 6.07) is 8.21. The van der Waals surface area contributed by atoms with Crippen LogP contribution in [-0.2, 0) is 0 Å². The molecule has 1 aromatic carbocycles. The van der Waals surface area contributed by atoms with E-state index in [9.17, 15) is 5.21 Å². The predicted octanol–water partition coefficient (Wildman–Crippen LogP) is 6.05. The van der Waals surface area contributed by atoms with E-state index in [1.54, 1.807) is 23.1 Å². The van der Waals surface area contributed by atoms with Crippen LogP contribution in [0.4, 0.5) is 0 Å². The monoisotopic (exact) mass is 358 g/mol. The number of allylic oxidation sites excluding steroid dienone is 4. The highest BCUT2D eigenvalue weighted by molar-refractivity contribution is 8.02. The fourth-order valence-electron chi connectivity index (χ4n) is 2.73. The molecule has 1 aliphatic carbocycles. The number of thioether (sulfide) groups is 1. The molecule has 0 aliphatic heterocycles. The molecule has 1 unspecified atom stereocenters. The summed E-state index contributed by atoms with van der Waals surface area (Å²) in [6.07, 6.45) is 14.8. The van der Waals surface area contributed by atoms with E-state index >= 15 is 0 Å². The third-order valence-corrected chi connectivity index (χ3v) is 6.47. The summed E-state index contributed by atoms with van der Waals surface area (Å²) in [6.45, 7) is 0. The van der Waals surface area contributed by atoms with Crippen molar-refractivity contribution < 1.29 is 5.21 Å². The molecule has 0 spiro atoms. The van der Waals surface area contributed by atoms with Gasteiger partial charge in [0, 0.05) is 0 Å². The van der Waals surface area contributed by atoms with Gasteiger partial charge >= 0.3 is 0 Å². The van der Waals surface area contributed by atoms with Gasteiger partial charge in [0.25, 0.3) is 0 Å². The van der Waals surface area contributed by atoms with Crippen LogP contribution in [0, 0.1) is 0 Å². The largest absolute Gasteiger partial charge is 0.411 e. The summed E-state index contributed by atoms with van der Waals surface area (Å²) in [5.41, 5.74) is 1.92. The second kappa shape index (κ2) is 9.04. The Morgan fingerprint density at radius 2 is 1.79 bits per heavy atom. The van der Waals surface area contributed by atoms with Gasteiger partial charge in [-0.2, -0.15) is 0 Å². The first-order valence-corrected chi connectivity index (χ1v) is 10.1. The van der Waals surface area contributed by atoms with Crippen LogP contribution in [0.3, 0.4) is 0 Å². The van der Waals surface area contributed by atoms with Gasteiger partial charge in [-0.1, -0.05) is 53.4 Å². The van der Waals surface area contributed by atoms with Crippen LogP contribution in [0.25, 0.3) is 10.2 Å². The standard InChI is InChI=1S/C19H22N2OS2/c22-21-16-12-7-5-3-1-2-4-6-8-13-18(16)24-19-20-15-11-9-10-14-17(15)23-19/h3-6,9-11,14,18,22H,1-2,7-8,12-13H2/b5-3+,6-4+,21-16+. The number of hydrogen-bond acceptors (Lipinski definition) is 5. The Balaban J connectivity index is 1.77. The Morgan fingerprint density at radius 3 is 2.58 bits per heavy atom. The van der Waals surface area contributed by atoms with Gasteiger partial charge < -0.3 is 5.21 Å². The van der Waals surface area contributed by atoms with Crippen LogP contribution in [0.1, 0.15) is 38.5 Å². The molecule has 24 heavy (non-hydrogen) atoms. The average molecular weight is 359 g/mol. The number of nitrogens with zero attached hydrogens (tertiary/aromatic N) is 2. The van der Waals surface area contributed by atoms with Crippen molar-refractivity contribution >= 4 is 39.0 Å². The molecule has 1 aliphatic rings. The molecule has 0 radical (unpaired) electrons. The molecule has 0 saturated carbocycles. The molecule has 1 N–H and O–H groups in total. The lowest BCUT2D eigenvalue weighted by Crippen LogP contribution is -2.17. The van der Waals surface area contributed by atoms with Crippen molar-refractivity contribution in [1.29, 1.82) is 0 Å². The van der Waals surface area contributed by atoms with Crippen molar-refractivity contribution in [3.05, 3.63) is 48.6 Å². The van der Waals surface area contributed by atoms with E-state index in [0.717, 1.165) is 54.1 Å². The number of benzene rings is 1. The van der Waals surface area contributed by atoms with E-state index in [1.165, 1.54) is 4.70 Å². The third kappa shape index (κ3) is 4.71. The summed E-state index contributed by atoms with van der Waals surface area (Å²) in [7, 11) is 0. The molecule has 0 saturated heterocycles. The van der Waals surface area contributed by atoms with Crippen LogP contribution in [0.15, 0.2) is 58.1 Å². The summed E-state index contributed by atoms with van der Waals surface area (Å²) in [4.78, 5) is 4.72. The number of aromatic nitrogens is 1. The maximum atomic E-state index is 9.50. The van der Waals surface area contributed by atoms with Gasteiger partial charge in [0.2, 0.25) is 0 Å². The Morgan fingerprint density at radius 1 is 1.04 bits per heavy atom. The highest BCUT2D eigenvalue weighted by Gasteiger charge is 2.19. The highest BCUT2D eigenvalue weighted by atomic mass is 32.2. The highest BCUT2D eigenvalue weighted by Crippen LogP contribution is 2.34. The molecule has 1 atom stereocenters. The Kier molecular flexibility index (Phi) is 6.49. The molecule has 5 heteroatoms. The first-order chi connectivity index (χ1) is 11.9. The minimum Gasteiger partial charge on any atom is -0.411 e. The second-order valence-electron chi connectivity index (χ2n) is 5.78. The molecule has 1 aromatic heterocycles. The predicted molar refractivity (Wildman–Crippen MR) is 104 cm³/mol. The molecule has 0 fully saturated rings. The van der Waals surface area contributed by atoms with E-state index in [-0.39, 0.29) is 5.25 Å². The van der Waals surface area contributed by atoms with Crippen molar-refractivity contribution in [2.75, 3.05) is 0 Å². The zero-order valence-electron chi connectivity index (χ0n) is 13.6. The number of rotatable bonds is 2. The SMILES string of the molecule is O/N=C1\CC/C=C/CC/C=C/CCC1Sc1nc2ccccc2s1. The first-order valence-electron chi connectivity index (χ1n) is 8.40. The average Bonchev–Trinajstić information content (AvgIpc) is 3.00. The van der Waals surface area contributed by atoms with Crippen LogP contribution in [0.5, 0.6) is 0 Å². The fourth-order valence-corrected chi connectivity index (χ4v) is 5.19. The Labute approximate surface area is 151 Å². The topological polar surface area (TPSA) is 45.5 Å².